The van der Waals surface area contributed by atoms with Crippen molar-refractivity contribution in [2.75, 3.05) is 11.9 Å². The first-order valence-corrected chi connectivity index (χ1v) is 12.8. The molecule has 4 heterocycles. The van der Waals surface area contributed by atoms with Crippen molar-refractivity contribution in [2.45, 2.75) is 29.7 Å². The second-order valence-electron chi connectivity index (χ2n) is 8.15. The van der Waals surface area contributed by atoms with Gasteiger partial charge in [0.25, 0.3) is 0 Å². The Hall–Kier alpha value is -3.77. The number of aromatic nitrogens is 2. The quantitative estimate of drug-likeness (QED) is 0.369. The van der Waals surface area contributed by atoms with Gasteiger partial charge >= 0.3 is 10.8 Å². The molecule has 5 rings (SSSR count). The molecule has 0 spiro atoms. The van der Waals surface area contributed by atoms with Crippen LogP contribution in [0.15, 0.2) is 58.6 Å². The summed E-state index contributed by atoms with van der Waals surface area (Å²) < 4.78 is 6.29. The van der Waals surface area contributed by atoms with Crippen LogP contribution in [0, 0.1) is 5.92 Å². The standard InChI is InChI=1S/C24H20N4O6S2/c1-2-34-23(32)12-5-7-14(8-6-12)26-15(29)11-28-22-19(36-24(28)33)16(13-4-3-9-25-10-13)17-18(35-22)21(31)27-20(17)30/h3-10,16-18H,2,11H2,1H3,(H,26,29)(H,27,30,31)/t16-,17+,18-/m0/s1. The van der Waals surface area contributed by atoms with Crippen molar-refractivity contribution < 1.29 is 23.9 Å². The van der Waals surface area contributed by atoms with Gasteiger partial charge in [-0.05, 0) is 42.8 Å². The van der Waals surface area contributed by atoms with E-state index in [4.69, 9.17) is 4.74 Å². The van der Waals surface area contributed by atoms with Crippen molar-refractivity contribution in [2.24, 2.45) is 5.92 Å². The summed E-state index contributed by atoms with van der Waals surface area (Å²) in [6, 6.07) is 9.77. The number of ether oxygens (including phenoxy) is 1. The normalized spacial score (nSPS) is 20.3. The van der Waals surface area contributed by atoms with Crippen LogP contribution in [-0.4, -0.2) is 45.1 Å². The van der Waals surface area contributed by atoms with Crippen LogP contribution in [0.2, 0.25) is 0 Å². The molecule has 184 valence electrons. The Morgan fingerprint density at radius 3 is 2.61 bits per heavy atom. The van der Waals surface area contributed by atoms with Gasteiger partial charge in [0, 0.05) is 28.9 Å². The van der Waals surface area contributed by atoms with E-state index in [2.05, 4.69) is 15.6 Å². The van der Waals surface area contributed by atoms with E-state index in [0.29, 0.717) is 21.2 Å². The number of carbonyl (C=O) groups excluding carboxylic acids is 4. The zero-order chi connectivity index (χ0) is 25.4. The molecule has 2 N–H and O–H groups in total. The van der Waals surface area contributed by atoms with Gasteiger partial charge in [0.15, 0.2) is 0 Å². The molecule has 1 fully saturated rings. The number of hydrogen-bond acceptors (Lipinski definition) is 9. The maximum atomic E-state index is 13.0. The zero-order valence-corrected chi connectivity index (χ0v) is 20.6. The predicted molar refractivity (Wildman–Crippen MR) is 132 cm³/mol. The van der Waals surface area contributed by atoms with E-state index in [9.17, 15) is 24.0 Å². The van der Waals surface area contributed by atoms with E-state index >= 15 is 0 Å². The zero-order valence-electron chi connectivity index (χ0n) is 18.9. The lowest BCUT2D eigenvalue weighted by atomic mass is 9.84. The molecule has 2 aromatic heterocycles. The molecule has 12 heteroatoms. The number of nitrogens with one attached hydrogen (secondary N) is 2. The van der Waals surface area contributed by atoms with Crippen LogP contribution in [0.5, 0.6) is 0 Å². The first kappa shape index (κ1) is 23.9. The summed E-state index contributed by atoms with van der Waals surface area (Å²) in [4.78, 5) is 67.2. The van der Waals surface area contributed by atoms with Crippen molar-refractivity contribution in [3.8, 4) is 0 Å². The molecular formula is C24H20N4O6S2. The summed E-state index contributed by atoms with van der Waals surface area (Å²) in [5, 5.41) is 4.90. The van der Waals surface area contributed by atoms with Gasteiger partial charge in [-0.25, -0.2) is 4.79 Å². The highest BCUT2D eigenvalue weighted by molar-refractivity contribution is 8.00. The van der Waals surface area contributed by atoms with Crippen LogP contribution in [0.1, 0.15) is 33.6 Å². The SMILES string of the molecule is CCOC(=O)c1ccc(NC(=O)Cn2c3c(sc2=O)[C@@H](c2cccnc2)[C@H]2C(=O)NC(=O)[C@H]2S3)cc1. The van der Waals surface area contributed by atoms with E-state index in [1.54, 1.807) is 37.5 Å². The van der Waals surface area contributed by atoms with Crippen LogP contribution < -0.4 is 15.5 Å². The average Bonchev–Trinajstić information content (AvgIpc) is 3.33. The summed E-state index contributed by atoms with van der Waals surface area (Å²) >= 11 is 2.10. The first-order chi connectivity index (χ1) is 17.4. The number of imide groups is 1. The molecule has 3 atom stereocenters. The first-order valence-electron chi connectivity index (χ1n) is 11.1. The molecular weight excluding hydrogens is 504 g/mol. The molecule has 0 saturated carbocycles. The van der Waals surface area contributed by atoms with Crippen molar-refractivity contribution in [3.05, 3.63) is 74.5 Å². The van der Waals surface area contributed by atoms with Gasteiger partial charge in [0.1, 0.15) is 11.8 Å². The van der Waals surface area contributed by atoms with Gasteiger partial charge in [0.2, 0.25) is 17.7 Å². The molecule has 1 aromatic carbocycles. The number of nitrogens with zero attached hydrogens (tertiary/aromatic N) is 2. The van der Waals surface area contributed by atoms with Crippen LogP contribution in [0.4, 0.5) is 5.69 Å². The Morgan fingerprint density at radius 1 is 1.14 bits per heavy atom. The number of esters is 1. The molecule has 2 aliphatic heterocycles. The third kappa shape index (κ3) is 4.33. The van der Waals surface area contributed by atoms with Crippen molar-refractivity contribution in [1.29, 1.82) is 0 Å². The topological polar surface area (TPSA) is 136 Å². The van der Waals surface area contributed by atoms with Gasteiger partial charge < -0.3 is 10.1 Å². The lowest BCUT2D eigenvalue weighted by Gasteiger charge is -2.30. The summed E-state index contributed by atoms with van der Waals surface area (Å²) in [7, 11) is 0. The number of fused-ring (bicyclic) bond motifs is 2. The van der Waals surface area contributed by atoms with Crippen LogP contribution in [0.25, 0.3) is 0 Å². The highest BCUT2D eigenvalue weighted by Crippen LogP contribution is 2.51. The molecule has 3 amide bonds. The molecule has 36 heavy (non-hydrogen) atoms. The van der Waals surface area contributed by atoms with E-state index in [-0.39, 0.29) is 23.9 Å². The number of hydrogen-bond donors (Lipinski definition) is 2. The van der Waals surface area contributed by atoms with E-state index in [1.807, 2.05) is 6.07 Å². The number of thiazole rings is 1. The Morgan fingerprint density at radius 2 is 1.92 bits per heavy atom. The largest absolute Gasteiger partial charge is 0.462 e. The third-order valence-electron chi connectivity index (χ3n) is 5.91. The fourth-order valence-electron chi connectivity index (χ4n) is 4.34. The number of pyridine rings is 1. The van der Waals surface area contributed by atoms with Gasteiger partial charge in [-0.2, -0.15) is 0 Å². The van der Waals surface area contributed by atoms with Gasteiger partial charge in [-0.3, -0.25) is 34.0 Å². The summed E-state index contributed by atoms with van der Waals surface area (Å²) in [6.07, 6.45) is 3.23. The summed E-state index contributed by atoms with van der Waals surface area (Å²) in [5.74, 6) is -2.89. The number of rotatable bonds is 6. The Labute approximate surface area is 213 Å². The molecule has 2 aliphatic rings. The fourth-order valence-corrected chi connectivity index (χ4v) is 7.08. The molecule has 0 aliphatic carbocycles. The molecule has 0 bridgehead atoms. The van der Waals surface area contributed by atoms with Gasteiger partial charge in [0.05, 0.1) is 23.1 Å². The van der Waals surface area contributed by atoms with Crippen LogP contribution in [0.3, 0.4) is 0 Å². The number of amides is 3. The van der Waals surface area contributed by atoms with Crippen molar-refractivity contribution in [3.63, 3.8) is 0 Å². The average molecular weight is 525 g/mol. The maximum absolute atomic E-state index is 13.0. The summed E-state index contributed by atoms with van der Waals surface area (Å²) in [5.41, 5.74) is 1.53. The Bertz CT molecular complexity index is 1420. The number of anilines is 1. The lowest BCUT2D eigenvalue weighted by molar-refractivity contribution is -0.126. The van der Waals surface area contributed by atoms with E-state index in [1.165, 1.54) is 16.7 Å². The van der Waals surface area contributed by atoms with E-state index < -0.39 is 34.9 Å². The molecule has 0 radical (unpaired) electrons. The minimum atomic E-state index is -0.714. The molecule has 0 unspecified atom stereocenters. The highest BCUT2D eigenvalue weighted by atomic mass is 32.2. The smallest absolute Gasteiger partial charge is 0.338 e. The minimum Gasteiger partial charge on any atom is -0.462 e. The Kier molecular flexibility index (Phi) is 6.46. The third-order valence-corrected chi connectivity index (χ3v) is 8.53. The number of thioether (sulfide) groups is 1. The predicted octanol–water partition coefficient (Wildman–Crippen LogP) is 2.00. The van der Waals surface area contributed by atoms with Gasteiger partial charge in [-0.1, -0.05) is 29.2 Å². The Balaban J connectivity index is 1.42. The minimum absolute atomic E-state index is 0.258. The van der Waals surface area contributed by atoms with Crippen LogP contribution in [-0.2, 0) is 25.7 Å². The molecule has 10 nitrogen and oxygen atoms in total. The van der Waals surface area contributed by atoms with Gasteiger partial charge in [-0.15, -0.1) is 0 Å². The monoisotopic (exact) mass is 524 g/mol. The lowest BCUT2D eigenvalue weighted by Crippen LogP contribution is -2.32. The summed E-state index contributed by atoms with van der Waals surface area (Å²) in [6.45, 7) is 1.70. The highest BCUT2D eigenvalue weighted by Gasteiger charge is 2.52. The molecule has 3 aromatic rings. The van der Waals surface area contributed by atoms with Crippen LogP contribution >= 0.6 is 23.1 Å². The van der Waals surface area contributed by atoms with Crippen molar-refractivity contribution >= 4 is 52.5 Å². The number of benzene rings is 1. The second kappa shape index (κ2) is 9.70. The number of carbonyl (C=O) groups is 4. The molecule has 1 saturated heterocycles. The van der Waals surface area contributed by atoms with E-state index in [0.717, 1.165) is 28.7 Å². The maximum Gasteiger partial charge on any atom is 0.338 e. The second-order valence-corrected chi connectivity index (χ2v) is 10.3. The fraction of sp³-hybridized carbons (Fsp3) is 0.250. The van der Waals surface area contributed by atoms with Crippen molar-refractivity contribution in [1.82, 2.24) is 14.9 Å².